The molecule has 0 unspecified atom stereocenters. The molecule has 1 rings (SSSR count). The van der Waals surface area contributed by atoms with Gasteiger partial charge in [0, 0.05) is 24.5 Å². The van der Waals surface area contributed by atoms with Gasteiger partial charge in [-0.3, -0.25) is 4.98 Å². The lowest BCUT2D eigenvalue weighted by atomic mass is 9.90. The normalized spacial score (nSPS) is 11.6. The Morgan fingerprint density at radius 1 is 1.43 bits per heavy atom. The molecule has 0 radical (unpaired) electrons. The van der Waals surface area contributed by atoms with E-state index in [-0.39, 0.29) is 0 Å². The molecule has 0 saturated heterocycles. The van der Waals surface area contributed by atoms with Crippen LogP contribution < -0.4 is 5.73 Å². The molecular formula is C11H18N2O. The molecule has 1 aromatic heterocycles. The average Bonchev–Trinajstić information content (AvgIpc) is 2.21. The summed E-state index contributed by atoms with van der Waals surface area (Å²) < 4.78 is 0. The van der Waals surface area contributed by atoms with Gasteiger partial charge in [0.2, 0.25) is 0 Å². The number of aliphatic hydroxyl groups is 1. The summed E-state index contributed by atoms with van der Waals surface area (Å²) in [5.74, 6) is 0. The van der Waals surface area contributed by atoms with Crippen molar-refractivity contribution in [3.05, 3.63) is 24.0 Å². The molecule has 14 heavy (non-hydrogen) atoms. The van der Waals surface area contributed by atoms with Crippen molar-refractivity contribution in [1.29, 1.82) is 0 Å². The van der Waals surface area contributed by atoms with Crippen molar-refractivity contribution in [3.8, 4) is 0 Å². The highest BCUT2D eigenvalue weighted by Gasteiger charge is 2.23. The van der Waals surface area contributed by atoms with Crippen LogP contribution in [0.3, 0.4) is 0 Å². The van der Waals surface area contributed by atoms with E-state index in [1.807, 2.05) is 13.8 Å². The zero-order chi connectivity index (χ0) is 10.6. The number of anilines is 1. The van der Waals surface area contributed by atoms with Gasteiger partial charge in [0.05, 0.1) is 5.60 Å². The van der Waals surface area contributed by atoms with Gasteiger partial charge in [0.15, 0.2) is 0 Å². The molecule has 0 aromatic carbocycles. The molecule has 78 valence electrons. The molecular weight excluding hydrogens is 176 g/mol. The highest BCUT2D eigenvalue weighted by molar-refractivity contribution is 5.44. The maximum absolute atomic E-state index is 10.1. The zero-order valence-electron chi connectivity index (χ0n) is 8.83. The summed E-state index contributed by atoms with van der Waals surface area (Å²) in [6.45, 7) is 3.96. The van der Waals surface area contributed by atoms with Crippen LogP contribution in [0.25, 0.3) is 0 Å². The molecule has 0 bridgehead atoms. The van der Waals surface area contributed by atoms with E-state index < -0.39 is 5.60 Å². The Balaban J connectivity index is 2.82. The van der Waals surface area contributed by atoms with Gasteiger partial charge in [-0.15, -0.1) is 0 Å². The Kier molecular flexibility index (Phi) is 3.47. The summed E-state index contributed by atoms with van der Waals surface area (Å²) in [5.41, 5.74) is 6.78. The van der Waals surface area contributed by atoms with Crippen molar-refractivity contribution >= 4 is 5.69 Å². The monoisotopic (exact) mass is 194 g/mol. The summed E-state index contributed by atoms with van der Waals surface area (Å²) in [7, 11) is 0. The smallest absolute Gasteiger partial charge is 0.0684 e. The molecule has 3 N–H and O–H groups in total. The molecule has 1 aromatic rings. The second-order valence-corrected chi connectivity index (χ2v) is 3.68. The lowest BCUT2D eigenvalue weighted by molar-refractivity contribution is 0.0327. The molecule has 0 saturated carbocycles. The maximum atomic E-state index is 10.1. The minimum absolute atomic E-state index is 0.583. The molecule has 0 atom stereocenters. The molecule has 3 heteroatoms. The van der Waals surface area contributed by atoms with Crippen molar-refractivity contribution in [2.24, 2.45) is 0 Å². The van der Waals surface area contributed by atoms with Gasteiger partial charge in [0.25, 0.3) is 0 Å². The first-order valence-corrected chi connectivity index (χ1v) is 5.02. The van der Waals surface area contributed by atoms with E-state index in [0.717, 1.165) is 18.4 Å². The third kappa shape index (κ3) is 2.45. The van der Waals surface area contributed by atoms with E-state index in [0.29, 0.717) is 12.1 Å². The van der Waals surface area contributed by atoms with Crippen LogP contribution in [0.4, 0.5) is 5.69 Å². The van der Waals surface area contributed by atoms with Gasteiger partial charge in [-0.1, -0.05) is 13.8 Å². The number of pyridine rings is 1. The highest BCUT2D eigenvalue weighted by atomic mass is 16.3. The van der Waals surface area contributed by atoms with Crippen molar-refractivity contribution in [3.63, 3.8) is 0 Å². The van der Waals surface area contributed by atoms with Crippen LogP contribution in [-0.4, -0.2) is 15.7 Å². The van der Waals surface area contributed by atoms with Gasteiger partial charge < -0.3 is 10.8 Å². The average molecular weight is 194 g/mol. The van der Waals surface area contributed by atoms with Gasteiger partial charge in [-0.2, -0.15) is 0 Å². The summed E-state index contributed by atoms with van der Waals surface area (Å²) in [6, 6.07) is 1.76. The van der Waals surface area contributed by atoms with Crippen molar-refractivity contribution in [2.45, 2.75) is 38.7 Å². The maximum Gasteiger partial charge on any atom is 0.0684 e. The first kappa shape index (κ1) is 11.0. The van der Waals surface area contributed by atoms with E-state index in [4.69, 9.17) is 5.73 Å². The minimum atomic E-state index is -0.642. The molecule has 0 aliphatic carbocycles. The Morgan fingerprint density at radius 2 is 2.07 bits per heavy atom. The van der Waals surface area contributed by atoms with Crippen LogP contribution >= 0.6 is 0 Å². The van der Waals surface area contributed by atoms with Crippen molar-refractivity contribution < 1.29 is 5.11 Å². The number of aromatic nitrogens is 1. The lowest BCUT2D eigenvalue weighted by Crippen LogP contribution is -2.29. The Labute approximate surface area is 85.0 Å². The van der Waals surface area contributed by atoms with E-state index in [2.05, 4.69) is 4.98 Å². The topological polar surface area (TPSA) is 59.1 Å². The van der Waals surface area contributed by atoms with Crippen LogP contribution in [0.5, 0.6) is 0 Å². The molecule has 0 spiro atoms. The van der Waals surface area contributed by atoms with E-state index >= 15 is 0 Å². The van der Waals surface area contributed by atoms with Crippen molar-refractivity contribution in [1.82, 2.24) is 4.98 Å². The fraction of sp³-hybridized carbons (Fsp3) is 0.545. The molecule has 0 aliphatic heterocycles. The third-order valence-electron chi connectivity index (χ3n) is 2.78. The van der Waals surface area contributed by atoms with E-state index in [9.17, 15) is 5.11 Å². The molecule has 0 amide bonds. The second kappa shape index (κ2) is 4.42. The fourth-order valence-corrected chi connectivity index (χ4v) is 1.44. The minimum Gasteiger partial charge on any atom is -0.398 e. The zero-order valence-corrected chi connectivity index (χ0v) is 8.83. The Morgan fingerprint density at radius 3 is 2.57 bits per heavy atom. The van der Waals surface area contributed by atoms with Crippen LogP contribution in [-0.2, 0) is 6.42 Å². The van der Waals surface area contributed by atoms with Gasteiger partial charge in [-0.25, -0.2) is 0 Å². The largest absolute Gasteiger partial charge is 0.398 e. The molecule has 0 aliphatic rings. The van der Waals surface area contributed by atoms with E-state index in [1.54, 1.807) is 18.5 Å². The predicted octanol–water partition coefficient (Wildman–Crippen LogP) is 1.76. The third-order valence-corrected chi connectivity index (χ3v) is 2.78. The second-order valence-electron chi connectivity index (χ2n) is 3.68. The lowest BCUT2D eigenvalue weighted by Gasteiger charge is -2.25. The van der Waals surface area contributed by atoms with Crippen LogP contribution in [0, 0.1) is 0 Å². The number of nitrogen functional groups attached to an aromatic ring is 1. The van der Waals surface area contributed by atoms with Gasteiger partial charge >= 0.3 is 0 Å². The standard InChI is InChI=1S/C11H18N2O/c1-3-11(14,4-2)7-9-8-13-6-5-10(9)12/h5-6,8,14H,3-4,7H2,1-2H3,(H2,12,13). The number of hydrogen-bond donors (Lipinski definition) is 2. The quantitative estimate of drug-likeness (QED) is 0.767. The van der Waals surface area contributed by atoms with E-state index in [1.165, 1.54) is 0 Å². The number of nitrogens with zero attached hydrogens (tertiary/aromatic N) is 1. The Bertz CT molecular complexity index is 295. The SMILES string of the molecule is CCC(O)(CC)Cc1cnccc1N. The van der Waals surface area contributed by atoms with Gasteiger partial charge in [0.1, 0.15) is 0 Å². The Hall–Kier alpha value is -1.09. The van der Waals surface area contributed by atoms with Crippen LogP contribution in [0.1, 0.15) is 32.3 Å². The van der Waals surface area contributed by atoms with Crippen molar-refractivity contribution in [2.75, 3.05) is 5.73 Å². The highest BCUT2D eigenvalue weighted by Crippen LogP contribution is 2.23. The van der Waals surface area contributed by atoms with Crippen LogP contribution in [0.15, 0.2) is 18.5 Å². The first-order chi connectivity index (χ1) is 6.61. The fourth-order valence-electron chi connectivity index (χ4n) is 1.44. The molecule has 0 fully saturated rings. The van der Waals surface area contributed by atoms with Gasteiger partial charge in [-0.05, 0) is 24.5 Å². The summed E-state index contributed by atoms with van der Waals surface area (Å²) in [4.78, 5) is 4.01. The number of hydrogen-bond acceptors (Lipinski definition) is 3. The number of nitrogens with two attached hydrogens (primary N) is 1. The van der Waals surface area contributed by atoms with Crippen LogP contribution in [0.2, 0.25) is 0 Å². The summed E-state index contributed by atoms with van der Waals surface area (Å²) in [6.07, 6.45) is 5.44. The molecule has 3 nitrogen and oxygen atoms in total. The predicted molar refractivity (Wildman–Crippen MR) is 57.9 cm³/mol. The molecule has 1 heterocycles. The number of rotatable bonds is 4. The summed E-state index contributed by atoms with van der Waals surface area (Å²) in [5, 5.41) is 10.1. The first-order valence-electron chi connectivity index (χ1n) is 5.02. The summed E-state index contributed by atoms with van der Waals surface area (Å²) >= 11 is 0.